The van der Waals surface area contributed by atoms with Crippen LogP contribution in [0.3, 0.4) is 0 Å². The Balaban J connectivity index is 1.63. The minimum Gasteiger partial charge on any atom is -0.344 e. The molecule has 0 saturated carbocycles. The van der Waals surface area contributed by atoms with Crippen molar-refractivity contribution in [1.29, 1.82) is 0 Å². The highest BCUT2D eigenvalue weighted by molar-refractivity contribution is 6.31. The van der Waals surface area contributed by atoms with Crippen molar-refractivity contribution in [2.24, 2.45) is 7.05 Å². The number of nitrogens with zero attached hydrogens (tertiary/aromatic N) is 1. The Hall–Kier alpha value is -3.33. The Morgan fingerprint density at radius 3 is 2.18 bits per heavy atom. The standard InChI is InChI=1S/C29H19Cl2NO/c1-32-25-5-3-2-4-22(25)28-23-16-24(29(33)18-8-12-20(31)13-9-18)27(21(23)14-15-26(28)32)17-6-10-19(30)11-7-17/h2-15H,16H2,1H3. The zero-order chi connectivity index (χ0) is 22.7. The van der Waals surface area contributed by atoms with E-state index in [4.69, 9.17) is 23.2 Å². The molecular weight excluding hydrogens is 449 g/mol. The van der Waals surface area contributed by atoms with Crippen molar-refractivity contribution in [3.05, 3.63) is 123 Å². The number of Topliss-reactive ketones (excluding diaryl/α,β-unsaturated/α-hetero) is 1. The molecule has 1 aliphatic rings. The Morgan fingerprint density at radius 2 is 1.45 bits per heavy atom. The SMILES string of the molecule is Cn1c2ccccc2c2c3c(ccc21)C(c1ccc(Cl)cc1)=C(C(=O)c1ccc(Cl)cc1)C3. The maximum Gasteiger partial charge on any atom is 0.189 e. The fourth-order valence-electron chi connectivity index (χ4n) is 5.08. The maximum atomic E-state index is 13.8. The van der Waals surface area contributed by atoms with Gasteiger partial charge in [-0.3, -0.25) is 4.79 Å². The van der Waals surface area contributed by atoms with Crippen molar-refractivity contribution in [3.63, 3.8) is 0 Å². The Morgan fingerprint density at radius 1 is 0.788 bits per heavy atom. The Bertz CT molecular complexity index is 1610. The molecule has 160 valence electrons. The molecule has 2 nitrogen and oxygen atoms in total. The zero-order valence-corrected chi connectivity index (χ0v) is 19.4. The first-order chi connectivity index (χ1) is 16.0. The highest BCUT2D eigenvalue weighted by atomic mass is 35.5. The molecule has 0 aliphatic heterocycles. The van der Waals surface area contributed by atoms with Crippen LogP contribution in [-0.4, -0.2) is 10.4 Å². The third-order valence-electron chi connectivity index (χ3n) is 6.63. The summed E-state index contributed by atoms with van der Waals surface area (Å²) in [6.45, 7) is 0. The molecule has 0 N–H and O–H groups in total. The molecule has 0 unspecified atom stereocenters. The van der Waals surface area contributed by atoms with Crippen LogP contribution in [0.4, 0.5) is 0 Å². The Kier molecular flexibility index (Phi) is 4.69. The van der Waals surface area contributed by atoms with Gasteiger partial charge in [-0.1, -0.05) is 59.6 Å². The van der Waals surface area contributed by atoms with E-state index in [1.54, 1.807) is 24.3 Å². The lowest BCUT2D eigenvalue weighted by Gasteiger charge is -2.10. The van der Waals surface area contributed by atoms with Gasteiger partial charge in [0, 0.05) is 56.5 Å². The molecule has 0 spiro atoms. The summed E-state index contributed by atoms with van der Waals surface area (Å²) >= 11 is 12.2. The predicted octanol–water partition coefficient (Wildman–Crippen LogP) is 7.88. The lowest BCUT2D eigenvalue weighted by molar-refractivity contribution is 0.103. The van der Waals surface area contributed by atoms with E-state index in [0.29, 0.717) is 22.0 Å². The average molecular weight is 468 g/mol. The second-order valence-corrected chi connectivity index (χ2v) is 9.31. The van der Waals surface area contributed by atoms with Crippen molar-refractivity contribution in [2.75, 3.05) is 0 Å². The number of aromatic nitrogens is 1. The second-order valence-electron chi connectivity index (χ2n) is 8.44. The summed E-state index contributed by atoms with van der Waals surface area (Å²) in [5.74, 6) is 0.0289. The fraction of sp³-hybridized carbons (Fsp3) is 0.0690. The van der Waals surface area contributed by atoms with Gasteiger partial charge in [-0.25, -0.2) is 0 Å². The first-order valence-corrected chi connectivity index (χ1v) is 11.6. The molecule has 0 amide bonds. The number of carbonyl (C=O) groups is 1. The third-order valence-corrected chi connectivity index (χ3v) is 7.13. The number of aryl methyl sites for hydroxylation is 1. The average Bonchev–Trinajstić information content (AvgIpc) is 3.36. The van der Waals surface area contributed by atoms with Crippen LogP contribution in [0.1, 0.15) is 27.0 Å². The topological polar surface area (TPSA) is 22.0 Å². The van der Waals surface area contributed by atoms with E-state index in [1.807, 2.05) is 24.3 Å². The van der Waals surface area contributed by atoms with Crippen LogP contribution < -0.4 is 0 Å². The van der Waals surface area contributed by atoms with Gasteiger partial charge in [0.1, 0.15) is 0 Å². The molecule has 1 aromatic heterocycles. The largest absolute Gasteiger partial charge is 0.344 e. The van der Waals surface area contributed by atoms with Crippen LogP contribution in [0.2, 0.25) is 10.0 Å². The van der Waals surface area contributed by atoms with Gasteiger partial charge in [0.15, 0.2) is 5.78 Å². The van der Waals surface area contributed by atoms with Crippen molar-refractivity contribution < 1.29 is 4.79 Å². The molecular formula is C29H19Cl2NO. The summed E-state index contributed by atoms with van der Waals surface area (Å²) < 4.78 is 2.23. The van der Waals surface area contributed by atoms with Crippen LogP contribution in [0.5, 0.6) is 0 Å². The van der Waals surface area contributed by atoms with Gasteiger partial charge in [0.2, 0.25) is 0 Å². The molecule has 1 heterocycles. The lowest BCUT2D eigenvalue weighted by Crippen LogP contribution is -2.05. The summed E-state index contributed by atoms with van der Waals surface area (Å²) in [6, 6.07) is 27.6. The van der Waals surface area contributed by atoms with E-state index < -0.39 is 0 Å². The molecule has 1 aliphatic carbocycles. The molecule has 0 fully saturated rings. The van der Waals surface area contributed by atoms with Crippen molar-refractivity contribution in [3.8, 4) is 0 Å². The number of fused-ring (bicyclic) bond motifs is 5. The summed E-state index contributed by atoms with van der Waals surface area (Å²) in [7, 11) is 2.10. The van der Waals surface area contributed by atoms with Crippen molar-refractivity contribution >= 4 is 56.4 Å². The van der Waals surface area contributed by atoms with Crippen molar-refractivity contribution in [1.82, 2.24) is 4.57 Å². The van der Waals surface area contributed by atoms with Gasteiger partial charge in [0.25, 0.3) is 0 Å². The first kappa shape index (κ1) is 20.3. The molecule has 33 heavy (non-hydrogen) atoms. The van der Waals surface area contributed by atoms with Crippen LogP contribution in [0.25, 0.3) is 27.4 Å². The minimum absolute atomic E-state index is 0.0289. The van der Waals surface area contributed by atoms with E-state index in [1.165, 1.54) is 27.4 Å². The first-order valence-electron chi connectivity index (χ1n) is 10.8. The zero-order valence-electron chi connectivity index (χ0n) is 17.9. The number of benzene rings is 4. The van der Waals surface area contributed by atoms with Crippen LogP contribution >= 0.6 is 23.2 Å². The van der Waals surface area contributed by atoms with Gasteiger partial charge >= 0.3 is 0 Å². The number of hydrogen-bond donors (Lipinski definition) is 0. The van der Waals surface area contributed by atoms with E-state index in [9.17, 15) is 4.79 Å². The van der Waals surface area contributed by atoms with E-state index >= 15 is 0 Å². The number of allylic oxidation sites excluding steroid dienone is 1. The molecule has 4 aromatic carbocycles. The molecule has 6 rings (SSSR count). The Labute approximate surface area is 201 Å². The van der Waals surface area contributed by atoms with Gasteiger partial charge in [0.05, 0.1) is 0 Å². The van der Waals surface area contributed by atoms with E-state index in [-0.39, 0.29) is 5.78 Å². The molecule has 0 atom stereocenters. The molecule has 4 heteroatoms. The number of ketones is 1. The lowest BCUT2D eigenvalue weighted by atomic mass is 9.94. The number of para-hydroxylation sites is 1. The summed E-state index contributed by atoms with van der Waals surface area (Å²) in [6.07, 6.45) is 0.583. The van der Waals surface area contributed by atoms with Gasteiger partial charge in [-0.15, -0.1) is 0 Å². The van der Waals surface area contributed by atoms with Gasteiger partial charge in [-0.2, -0.15) is 0 Å². The highest BCUT2D eigenvalue weighted by Crippen LogP contribution is 2.44. The number of rotatable bonds is 3. The van der Waals surface area contributed by atoms with Crippen LogP contribution in [0.15, 0.2) is 90.5 Å². The smallest absolute Gasteiger partial charge is 0.189 e. The quantitative estimate of drug-likeness (QED) is 0.247. The number of carbonyl (C=O) groups excluding carboxylic acids is 1. The molecule has 5 aromatic rings. The highest BCUT2D eigenvalue weighted by Gasteiger charge is 2.30. The van der Waals surface area contributed by atoms with Crippen LogP contribution in [0, 0.1) is 0 Å². The number of hydrogen-bond acceptors (Lipinski definition) is 1. The molecule has 0 bridgehead atoms. The summed E-state index contributed by atoms with van der Waals surface area (Å²) in [4.78, 5) is 13.8. The molecule has 0 radical (unpaired) electrons. The van der Waals surface area contributed by atoms with Crippen LogP contribution in [-0.2, 0) is 13.5 Å². The summed E-state index contributed by atoms with van der Waals surface area (Å²) in [5, 5.41) is 3.72. The number of halogens is 2. The summed E-state index contributed by atoms with van der Waals surface area (Å²) in [5.41, 5.74) is 8.09. The van der Waals surface area contributed by atoms with Gasteiger partial charge in [-0.05, 0) is 70.8 Å². The van der Waals surface area contributed by atoms with Gasteiger partial charge < -0.3 is 4.57 Å². The minimum atomic E-state index is 0.0289. The normalized spacial score (nSPS) is 13.2. The maximum absolute atomic E-state index is 13.8. The van der Waals surface area contributed by atoms with E-state index in [2.05, 4.69) is 48.0 Å². The van der Waals surface area contributed by atoms with E-state index in [0.717, 1.165) is 22.3 Å². The monoisotopic (exact) mass is 467 g/mol. The van der Waals surface area contributed by atoms with Crippen molar-refractivity contribution in [2.45, 2.75) is 6.42 Å². The fourth-order valence-corrected chi connectivity index (χ4v) is 5.34. The predicted molar refractivity (Wildman–Crippen MR) is 137 cm³/mol. The third kappa shape index (κ3) is 3.13. The molecule has 0 saturated heterocycles. The second kappa shape index (κ2) is 7.62.